The highest BCUT2D eigenvalue weighted by Crippen LogP contribution is 2.31. The molecule has 9 heteroatoms. The number of allylic oxidation sites excluding steroid dienone is 2. The quantitative estimate of drug-likeness (QED) is 0.339. The summed E-state index contributed by atoms with van der Waals surface area (Å²) in [7, 11) is 0. The van der Waals surface area contributed by atoms with Crippen LogP contribution >= 0.6 is 35.0 Å². The lowest BCUT2D eigenvalue weighted by Gasteiger charge is -2.24. The van der Waals surface area contributed by atoms with Gasteiger partial charge in [0, 0.05) is 15.6 Å². The van der Waals surface area contributed by atoms with E-state index in [4.69, 9.17) is 23.2 Å². The lowest BCUT2D eigenvalue weighted by Crippen LogP contribution is -2.34. The molecule has 0 fully saturated rings. The zero-order valence-electron chi connectivity index (χ0n) is 17.2. The van der Waals surface area contributed by atoms with E-state index in [-0.39, 0.29) is 11.8 Å². The summed E-state index contributed by atoms with van der Waals surface area (Å²) in [6.07, 6.45) is 4.36. The van der Waals surface area contributed by atoms with E-state index in [0.29, 0.717) is 34.3 Å². The van der Waals surface area contributed by atoms with Gasteiger partial charge in [-0.2, -0.15) is 0 Å². The van der Waals surface area contributed by atoms with Crippen molar-refractivity contribution in [2.45, 2.75) is 29.9 Å². The maximum absolute atomic E-state index is 12.7. The number of amides is 2. The molecule has 0 spiro atoms. The van der Waals surface area contributed by atoms with Crippen molar-refractivity contribution in [1.82, 2.24) is 0 Å². The van der Waals surface area contributed by atoms with Crippen LogP contribution < -0.4 is 10.6 Å². The van der Waals surface area contributed by atoms with Gasteiger partial charge in [0.15, 0.2) is 0 Å². The highest BCUT2D eigenvalue weighted by molar-refractivity contribution is 8.00. The molecule has 0 aromatic heterocycles. The molecule has 0 bridgehead atoms. The van der Waals surface area contributed by atoms with Crippen molar-refractivity contribution in [3.63, 3.8) is 0 Å². The van der Waals surface area contributed by atoms with Gasteiger partial charge < -0.3 is 15.7 Å². The third-order valence-corrected chi connectivity index (χ3v) is 6.70. The SMILES string of the molecule is CC(Sc1cccc(NC(=O)C2CC=CCC2C(=O)O)c1)C(=O)Nc1ccc(Cl)cc1Cl. The Morgan fingerprint density at radius 1 is 1.03 bits per heavy atom. The smallest absolute Gasteiger partial charge is 0.307 e. The molecule has 2 amide bonds. The maximum atomic E-state index is 12.7. The normalized spacial score (nSPS) is 18.6. The molecule has 3 rings (SSSR count). The summed E-state index contributed by atoms with van der Waals surface area (Å²) in [4.78, 5) is 37.5. The fourth-order valence-electron chi connectivity index (χ4n) is 3.34. The Kier molecular flexibility index (Phi) is 8.23. The van der Waals surface area contributed by atoms with E-state index in [1.54, 1.807) is 49.4 Å². The van der Waals surface area contributed by atoms with Gasteiger partial charge in [-0.25, -0.2) is 0 Å². The number of carbonyl (C=O) groups is 3. The Morgan fingerprint density at radius 3 is 2.44 bits per heavy atom. The minimum absolute atomic E-state index is 0.230. The Bertz CT molecular complexity index is 1060. The number of carbonyl (C=O) groups excluding carboxylic acids is 2. The topological polar surface area (TPSA) is 95.5 Å². The first kappa shape index (κ1) is 24.2. The minimum Gasteiger partial charge on any atom is -0.481 e. The number of anilines is 2. The van der Waals surface area contributed by atoms with Crippen molar-refractivity contribution in [2.24, 2.45) is 11.8 Å². The summed E-state index contributed by atoms with van der Waals surface area (Å²) < 4.78 is 0. The minimum atomic E-state index is -0.973. The van der Waals surface area contributed by atoms with Crippen molar-refractivity contribution in [3.05, 3.63) is 64.7 Å². The zero-order valence-corrected chi connectivity index (χ0v) is 19.5. The first-order valence-electron chi connectivity index (χ1n) is 9.96. The molecule has 2 aromatic carbocycles. The third kappa shape index (κ3) is 6.28. The van der Waals surface area contributed by atoms with Crippen LogP contribution in [-0.4, -0.2) is 28.1 Å². The number of thioether (sulfide) groups is 1. The third-order valence-electron chi connectivity index (χ3n) is 5.06. The van der Waals surface area contributed by atoms with Gasteiger partial charge in [-0.1, -0.05) is 41.4 Å². The van der Waals surface area contributed by atoms with Crippen molar-refractivity contribution < 1.29 is 19.5 Å². The Balaban J connectivity index is 1.62. The second-order valence-electron chi connectivity index (χ2n) is 7.38. The molecule has 3 unspecified atom stereocenters. The van der Waals surface area contributed by atoms with Gasteiger partial charge in [-0.15, -0.1) is 11.8 Å². The molecule has 2 aromatic rings. The number of carboxylic acid groups (broad SMARTS) is 1. The van der Waals surface area contributed by atoms with Crippen molar-refractivity contribution in [3.8, 4) is 0 Å². The van der Waals surface area contributed by atoms with Gasteiger partial charge in [0.1, 0.15) is 0 Å². The van der Waals surface area contributed by atoms with Crippen LogP contribution in [0.15, 0.2) is 59.5 Å². The van der Waals surface area contributed by atoms with Crippen LogP contribution in [0, 0.1) is 11.8 Å². The van der Waals surface area contributed by atoms with E-state index >= 15 is 0 Å². The predicted octanol–water partition coefficient (Wildman–Crippen LogP) is 5.72. The number of rotatable bonds is 7. The average Bonchev–Trinajstić information content (AvgIpc) is 2.75. The van der Waals surface area contributed by atoms with Crippen LogP contribution in [0.25, 0.3) is 0 Å². The van der Waals surface area contributed by atoms with Crippen molar-refractivity contribution >= 4 is 64.1 Å². The predicted molar refractivity (Wildman–Crippen MR) is 128 cm³/mol. The molecule has 0 saturated carbocycles. The molecule has 6 nitrogen and oxygen atoms in total. The summed E-state index contributed by atoms with van der Waals surface area (Å²) in [5, 5.41) is 15.4. The number of benzene rings is 2. The molecular formula is C23H22Cl2N2O4S. The lowest BCUT2D eigenvalue weighted by atomic mass is 9.82. The monoisotopic (exact) mass is 492 g/mol. The van der Waals surface area contributed by atoms with E-state index in [0.717, 1.165) is 4.90 Å². The van der Waals surface area contributed by atoms with Crippen molar-refractivity contribution in [1.29, 1.82) is 0 Å². The first-order chi connectivity index (χ1) is 15.2. The number of nitrogens with one attached hydrogen (secondary N) is 2. The maximum Gasteiger partial charge on any atom is 0.307 e. The summed E-state index contributed by atoms with van der Waals surface area (Å²) >= 11 is 13.3. The molecule has 1 aliphatic carbocycles. The molecule has 168 valence electrons. The molecule has 3 N–H and O–H groups in total. The van der Waals surface area contributed by atoms with Gasteiger partial charge in [0.25, 0.3) is 0 Å². The van der Waals surface area contributed by atoms with Gasteiger partial charge >= 0.3 is 5.97 Å². The van der Waals surface area contributed by atoms with Crippen LogP contribution in [0.4, 0.5) is 11.4 Å². The van der Waals surface area contributed by atoms with Crippen molar-refractivity contribution in [2.75, 3.05) is 10.6 Å². The Morgan fingerprint density at radius 2 is 1.75 bits per heavy atom. The number of carboxylic acids is 1. The molecule has 1 aliphatic rings. The van der Waals surface area contributed by atoms with Crippen LogP contribution in [0.5, 0.6) is 0 Å². The average molecular weight is 493 g/mol. The van der Waals surface area contributed by atoms with E-state index < -0.39 is 23.1 Å². The fraction of sp³-hybridized carbons (Fsp3) is 0.261. The second-order valence-corrected chi connectivity index (χ2v) is 9.64. The standard InChI is InChI=1S/C23H22Cl2N2O4S/c1-13(21(28)27-20-10-9-14(24)11-19(20)25)32-16-6-4-5-15(12-16)26-22(29)17-7-2-3-8-18(17)23(30)31/h2-6,9-13,17-18H,7-8H2,1H3,(H,26,29)(H,27,28)(H,30,31). The first-order valence-corrected chi connectivity index (χ1v) is 11.6. The molecule has 32 heavy (non-hydrogen) atoms. The molecule has 0 heterocycles. The second kappa shape index (κ2) is 10.9. The number of hydrogen-bond donors (Lipinski definition) is 3. The van der Waals surface area contributed by atoms with Crippen LogP contribution in [0.2, 0.25) is 10.0 Å². The Labute approximate surface area is 200 Å². The van der Waals surface area contributed by atoms with Gasteiger partial charge in [-0.05, 0) is 56.2 Å². The molecule has 3 atom stereocenters. The highest BCUT2D eigenvalue weighted by Gasteiger charge is 2.34. The summed E-state index contributed by atoms with van der Waals surface area (Å²) in [5.74, 6) is -2.89. The number of hydrogen-bond acceptors (Lipinski definition) is 4. The zero-order chi connectivity index (χ0) is 23.3. The molecule has 0 aliphatic heterocycles. The van der Waals surface area contributed by atoms with E-state index in [1.807, 2.05) is 12.1 Å². The summed E-state index contributed by atoms with van der Waals surface area (Å²) in [6, 6.07) is 11.9. The van der Waals surface area contributed by atoms with Crippen LogP contribution in [0.3, 0.4) is 0 Å². The van der Waals surface area contributed by atoms with E-state index in [2.05, 4.69) is 10.6 Å². The Hall–Kier alpha value is -2.48. The summed E-state index contributed by atoms with van der Waals surface area (Å²) in [6.45, 7) is 1.76. The van der Waals surface area contributed by atoms with Gasteiger partial charge in [0.2, 0.25) is 11.8 Å². The summed E-state index contributed by atoms with van der Waals surface area (Å²) in [5.41, 5.74) is 1.02. The van der Waals surface area contributed by atoms with E-state index in [9.17, 15) is 19.5 Å². The number of aliphatic carboxylic acids is 1. The van der Waals surface area contributed by atoms with E-state index in [1.165, 1.54) is 11.8 Å². The lowest BCUT2D eigenvalue weighted by molar-refractivity contribution is -0.146. The van der Waals surface area contributed by atoms with Gasteiger partial charge in [-0.3, -0.25) is 14.4 Å². The van der Waals surface area contributed by atoms with Gasteiger partial charge in [0.05, 0.1) is 27.8 Å². The van der Waals surface area contributed by atoms with Crippen LogP contribution in [0.1, 0.15) is 19.8 Å². The molecular weight excluding hydrogens is 471 g/mol. The molecule has 0 radical (unpaired) electrons. The number of halogens is 2. The fourth-order valence-corrected chi connectivity index (χ4v) is 4.72. The molecule has 0 saturated heterocycles. The highest BCUT2D eigenvalue weighted by atomic mass is 35.5. The largest absolute Gasteiger partial charge is 0.481 e. The van der Waals surface area contributed by atoms with Crippen LogP contribution in [-0.2, 0) is 14.4 Å².